The second kappa shape index (κ2) is 9.72. The highest BCUT2D eigenvalue weighted by Crippen LogP contribution is 2.44. The molecule has 2 aliphatic rings. The van der Waals surface area contributed by atoms with Crippen LogP contribution in [-0.4, -0.2) is 59.1 Å². The monoisotopic (exact) mass is 436 g/mol. The van der Waals surface area contributed by atoms with Gasteiger partial charge in [0.2, 0.25) is 11.8 Å². The van der Waals surface area contributed by atoms with Gasteiger partial charge >= 0.3 is 5.97 Å². The van der Waals surface area contributed by atoms with Crippen molar-refractivity contribution >= 4 is 17.8 Å². The van der Waals surface area contributed by atoms with Crippen LogP contribution in [0.5, 0.6) is 0 Å². The SMILES string of the molecule is CCOC(=O)[C@H]1[C@@H]2C(=O)N(CCCO)[C@H](C(=O)NC(C)(C)CC(C)(C)C)[C@H]2C=C[C@H]1C. The van der Waals surface area contributed by atoms with Crippen LogP contribution in [-0.2, 0) is 19.1 Å². The average Bonchev–Trinajstić information content (AvgIpc) is 2.89. The van der Waals surface area contributed by atoms with E-state index in [4.69, 9.17) is 4.74 Å². The van der Waals surface area contributed by atoms with E-state index in [1.54, 1.807) is 11.8 Å². The van der Waals surface area contributed by atoms with Crippen molar-refractivity contribution in [2.24, 2.45) is 29.1 Å². The zero-order chi connectivity index (χ0) is 23.6. The van der Waals surface area contributed by atoms with E-state index in [9.17, 15) is 19.5 Å². The lowest BCUT2D eigenvalue weighted by Crippen LogP contribution is -2.54. The number of carbonyl (C=O) groups is 3. The molecule has 7 heteroatoms. The van der Waals surface area contributed by atoms with Crippen LogP contribution in [0.2, 0.25) is 0 Å². The number of allylic oxidation sites excluding steroid dienone is 1. The van der Waals surface area contributed by atoms with Crippen LogP contribution >= 0.6 is 0 Å². The van der Waals surface area contributed by atoms with Crippen LogP contribution < -0.4 is 5.32 Å². The highest BCUT2D eigenvalue weighted by molar-refractivity contribution is 5.96. The predicted octanol–water partition coefficient (Wildman–Crippen LogP) is 2.53. The third kappa shape index (κ3) is 5.88. The summed E-state index contributed by atoms with van der Waals surface area (Å²) in [6.45, 7) is 14.4. The van der Waals surface area contributed by atoms with Gasteiger partial charge in [0, 0.05) is 24.6 Å². The number of hydrogen-bond acceptors (Lipinski definition) is 5. The number of likely N-dealkylation sites (tertiary alicyclic amines) is 1. The van der Waals surface area contributed by atoms with Gasteiger partial charge in [0.05, 0.1) is 18.4 Å². The number of amides is 2. The minimum Gasteiger partial charge on any atom is -0.466 e. The van der Waals surface area contributed by atoms with Crippen molar-refractivity contribution in [2.45, 2.75) is 72.9 Å². The molecule has 0 spiro atoms. The summed E-state index contributed by atoms with van der Waals surface area (Å²) in [4.78, 5) is 41.2. The smallest absolute Gasteiger partial charge is 0.310 e. The number of rotatable bonds is 8. The minimum atomic E-state index is -0.705. The van der Waals surface area contributed by atoms with E-state index in [-0.39, 0.29) is 48.9 Å². The van der Waals surface area contributed by atoms with E-state index in [0.29, 0.717) is 6.42 Å². The van der Waals surface area contributed by atoms with Crippen molar-refractivity contribution < 1.29 is 24.2 Å². The molecule has 1 aliphatic carbocycles. The molecule has 0 aromatic heterocycles. The van der Waals surface area contributed by atoms with E-state index in [0.717, 1.165) is 6.42 Å². The fraction of sp³-hybridized carbons (Fsp3) is 0.792. The van der Waals surface area contributed by atoms with Crippen molar-refractivity contribution in [3.63, 3.8) is 0 Å². The van der Waals surface area contributed by atoms with E-state index in [1.165, 1.54) is 0 Å². The van der Waals surface area contributed by atoms with Crippen molar-refractivity contribution in [1.29, 1.82) is 0 Å². The Morgan fingerprint density at radius 2 is 1.84 bits per heavy atom. The lowest BCUT2D eigenvalue weighted by atomic mass is 9.70. The summed E-state index contributed by atoms with van der Waals surface area (Å²) in [6.07, 6.45) is 4.99. The molecular weight excluding hydrogens is 396 g/mol. The number of aliphatic hydroxyl groups excluding tert-OH is 1. The number of fused-ring (bicyclic) bond motifs is 1. The van der Waals surface area contributed by atoms with Crippen molar-refractivity contribution in [3.8, 4) is 0 Å². The van der Waals surface area contributed by atoms with Gasteiger partial charge in [0.15, 0.2) is 0 Å². The summed E-state index contributed by atoms with van der Waals surface area (Å²) < 4.78 is 5.27. The topological polar surface area (TPSA) is 95.9 Å². The van der Waals surface area contributed by atoms with Gasteiger partial charge in [0.1, 0.15) is 6.04 Å². The molecule has 2 amide bonds. The Bertz CT molecular complexity index is 709. The fourth-order valence-corrected chi connectivity index (χ4v) is 5.45. The third-order valence-electron chi connectivity index (χ3n) is 6.09. The van der Waals surface area contributed by atoms with Gasteiger partial charge in [-0.1, -0.05) is 39.8 Å². The molecule has 0 saturated carbocycles. The number of aliphatic hydroxyl groups is 1. The molecule has 5 atom stereocenters. The Balaban J connectivity index is 2.37. The number of carbonyl (C=O) groups excluding carboxylic acids is 3. The first kappa shape index (κ1) is 25.4. The fourth-order valence-electron chi connectivity index (χ4n) is 5.45. The number of hydrogen-bond donors (Lipinski definition) is 2. The molecule has 2 rings (SSSR count). The predicted molar refractivity (Wildman–Crippen MR) is 119 cm³/mol. The molecule has 0 radical (unpaired) electrons. The summed E-state index contributed by atoms with van der Waals surface area (Å²) in [5.41, 5.74) is -0.429. The molecular formula is C24H40N2O5. The van der Waals surface area contributed by atoms with Crippen molar-refractivity contribution in [2.75, 3.05) is 19.8 Å². The second-order valence-electron chi connectivity index (χ2n) is 10.8. The van der Waals surface area contributed by atoms with Crippen molar-refractivity contribution in [3.05, 3.63) is 12.2 Å². The van der Waals surface area contributed by atoms with Gasteiger partial charge in [-0.3, -0.25) is 14.4 Å². The van der Waals surface area contributed by atoms with Crippen LogP contribution in [0.3, 0.4) is 0 Å². The molecule has 0 aromatic carbocycles. The van der Waals surface area contributed by atoms with Gasteiger partial charge in [0.25, 0.3) is 0 Å². The summed E-state index contributed by atoms with van der Waals surface area (Å²) >= 11 is 0. The number of esters is 1. The van der Waals surface area contributed by atoms with Crippen LogP contribution in [0.4, 0.5) is 0 Å². The van der Waals surface area contributed by atoms with E-state index < -0.39 is 29.3 Å². The first-order valence-electron chi connectivity index (χ1n) is 11.4. The van der Waals surface area contributed by atoms with Crippen LogP contribution in [0.15, 0.2) is 12.2 Å². The Labute approximate surface area is 186 Å². The molecule has 1 aliphatic heterocycles. The molecule has 1 saturated heterocycles. The quantitative estimate of drug-likeness (QED) is 0.450. The Morgan fingerprint density at radius 1 is 1.19 bits per heavy atom. The lowest BCUT2D eigenvalue weighted by molar-refractivity contribution is -0.155. The molecule has 7 nitrogen and oxygen atoms in total. The first-order valence-corrected chi connectivity index (χ1v) is 11.4. The molecule has 0 aromatic rings. The Kier molecular flexibility index (Phi) is 7.95. The number of nitrogens with zero attached hydrogens (tertiary/aromatic N) is 1. The molecule has 0 unspecified atom stereocenters. The maximum absolute atomic E-state index is 13.5. The number of ether oxygens (including phenoxy) is 1. The minimum absolute atomic E-state index is 0.0244. The zero-order valence-corrected chi connectivity index (χ0v) is 20.1. The molecule has 1 heterocycles. The Hall–Kier alpha value is -1.89. The average molecular weight is 437 g/mol. The van der Waals surface area contributed by atoms with Crippen LogP contribution in [0.1, 0.15) is 61.3 Å². The van der Waals surface area contributed by atoms with Gasteiger partial charge in [-0.15, -0.1) is 0 Å². The highest BCUT2D eigenvalue weighted by Gasteiger charge is 2.57. The van der Waals surface area contributed by atoms with E-state index in [1.807, 2.05) is 32.9 Å². The molecule has 1 fully saturated rings. The van der Waals surface area contributed by atoms with Crippen molar-refractivity contribution in [1.82, 2.24) is 10.2 Å². The van der Waals surface area contributed by atoms with E-state index in [2.05, 4.69) is 26.1 Å². The third-order valence-corrected chi connectivity index (χ3v) is 6.09. The van der Waals surface area contributed by atoms with Gasteiger partial charge < -0.3 is 20.1 Å². The molecule has 31 heavy (non-hydrogen) atoms. The molecule has 0 bridgehead atoms. The summed E-state index contributed by atoms with van der Waals surface area (Å²) in [5, 5.41) is 12.5. The summed E-state index contributed by atoms with van der Waals surface area (Å²) in [7, 11) is 0. The second-order valence-corrected chi connectivity index (χ2v) is 10.8. The maximum atomic E-state index is 13.5. The maximum Gasteiger partial charge on any atom is 0.310 e. The summed E-state index contributed by atoms with van der Waals surface area (Å²) in [6, 6.07) is -0.705. The van der Waals surface area contributed by atoms with Gasteiger partial charge in [-0.05, 0) is 44.9 Å². The zero-order valence-electron chi connectivity index (χ0n) is 20.1. The largest absolute Gasteiger partial charge is 0.466 e. The standard InChI is InChI=1S/C24H40N2O5/c1-8-31-22(30)17-15(2)10-11-16-18(17)21(29)26(12-9-13-27)19(16)20(28)25-24(6,7)14-23(3,4)5/h10-11,15-19,27H,8-9,12-14H2,1-7H3,(H,25,28)/t15-,16+,17-,18-,19+/m1/s1. The van der Waals surface area contributed by atoms with Crippen LogP contribution in [0.25, 0.3) is 0 Å². The van der Waals surface area contributed by atoms with Crippen LogP contribution in [0, 0.1) is 29.1 Å². The first-order chi connectivity index (χ1) is 14.3. The van der Waals surface area contributed by atoms with Gasteiger partial charge in [-0.2, -0.15) is 0 Å². The molecule has 2 N–H and O–H groups in total. The van der Waals surface area contributed by atoms with Gasteiger partial charge in [-0.25, -0.2) is 0 Å². The van der Waals surface area contributed by atoms with E-state index >= 15 is 0 Å². The highest BCUT2D eigenvalue weighted by atomic mass is 16.5. The lowest BCUT2D eigenvalue weighted by Gasteiger charge is -2.36. The molecule has 176 valence electrons. The Morgan fingerprint density at radius 3 is 2.39 bits per heavy atom. The summed E-state index contributed by atoms with van der Waals surface area (Å²) in [5.74, 6) is -2.60. The normalized spacial score (nSPS) is 28.5. The number of nitrogens with one attached hydrogen (secondary N) is 1.